The first-order valence-corrected chi connectivity index (χ1v) is 7.10. The van der Waals surface area contributed by atoms with Crippen LogP contribution in [0.4, 0.5) is 0 Å². The number of carbonyl (C=O) groups is 2. The normalized spacial score (nSPS) is 12.1. The fourth-order valence-corrected chi connectivity index (χ4v) is 2.07. The molecule has 2 rings (SSSR count). The van der Waals surface area contributed by atoms with Gasteiger partial charge in [0.1, 0.15) is 5.69 Å². The van der Waals surface area contributed by atoms with Gasteiger partial charge in [0.15, 0.2) is 0 Å². The molecule has 0 saturated heterocycles. The van der Waals surface area contributed by atoms with Crippen LogP contribution in [-0.2, 0) is 4.79 Å². The van der Waals surface area contributed by atoms with E-state index in [0.717, 1.165) is 0 Å². The lowest BCUT2D eigenvalue weighted by Gasteiger charge is -2.13. The number of carboxylic acid groups (broad SMARTS) is 1. The van der Waals surface area contributed by atoms with Crippen molar-refractivity contribution in [1.29, 1.82) is 0 Å². The van der Waals surface area contributed by atoms with Gasteiger partial charge in [0.05, 0.1) is 5.92 Å². The number of amides is 1. The van der Waals surface area contributed by atoms with Crippen LogP contribution in [0.25, 0.3) is 0 Å². The molecule has 0 aliphatic heterocycles. The van der Waals surface area contributed by atoms with Crippen molar-refractivity contribution in [2.75, 3.05) is 6.54 Å². The van der Waals surface area contributed by atoms with Crippen LogP contribution in [0, 0.1) is 0 Å². The maximum Gasteiger partial charge on any atom is 0.312 e. The van der Waals surface area contributed by atoms with Crippen molar-refractivity contribution >= 4 is 11.9 Å². The first-order valence-electron chi connectivity index (χ1n) is 7.10. The molecule has 0 radical (unpaired) electrons. The van der Waals surface area contributed by atoms with Crippen molar-refractivity contribution in [2.24, 2.45) is 0 Å². The number of carboxylic acids is 1. The topological polar surface area (TPSA) is 84.2 Å². The van der Waals surface area contributed by atoms with E-state index in [1.165, 1.54) is 0 Å². The number of hydrogen-bond acceptors (Lipinski definition) is 3. The number of carbonyl (C=O) groups excluding carboxylic acids is 1. The summed E-state index contributed by atoms with van der Waals surface area (Å²) in [5, 5.41) is 16.1. The summed E-state index contributed by atoms with van der Waals surface area (Å²) < 4.78 is 1.68. The van der Waals surface area contributed by atoms with E-state index in [0.29, 0.717) is 5.56 Å². The van der Waals surface area contributed by atoms with Gasteiger partial charge in [0.2, 0.25) is 0 Å². The molecule has 1 amide bonds. The lowest BCUT2D eigenvalue weighted by molar-refractivity contribution is -0.138. The maximum absolute atomic E-state index is 12.1. The molecule has 0 spiro atoms. The SMILES string of the molecule is CC(C)n1ccc(C(=O)NCC(C(=O)O)c2ccccc2)n1. The van der Waals surface area contributed by atoms with Gasteiger partial charge in [-0.15, -0.1) is 0 Å². The predicted molar refractivity (Wildman–Crippen MR) is 81.8 cm³/mol. The van der Waals surface area contributed by atoms with Crippen molar-refractivity contribution in [1.82, 2.24) is 15.1 Å². The molecule has 1 atom stereocenters. The third-order valence-corrected chi connectivity index (χ3v) is 3.34. The minimum atomic E-state index is -0.973. The van der Waals surface area contributed by atoms with Gasteiger partial charge in [-0.25, -0.2) is 0 Å². The van der Waals surface area contributed by atoms with E-state index in [4.69, 9.17) is 0 Å². The van der Waals surface area contributed by atoms with Gasteiger partial charge in [-0.3, -0.25) is 14.3 Å². The molecule has 1 heterocycles. The predicted octanol–water partition coefficient (Wildman–Crippen LogP) is 2.06. The number of nitrogens with zero attached hydrogens (tertiary/aromatic N) is 2. The summed E-state index contributed by atoms with van der Waals surface area (Å²) in [6, 6.07) is 10.6. The van der Waals surface area contributed by atoms with Crippen molar-refractivity contribution in [3.8, 4) is 0 Å². The number of aromatic nitrogens is 2. The average Bonchev–Trinajstić information content (AvgIpc) is 2.98. The Morgan fingerprint density at radius 1 is 1.23 bits per heavy atom. The highest BCUT2D eigenvalue weighted by molar-refractivity contribution is 5.92. The van der Waals surface area contributed by atoms with Gasteiger partial charge in [-0.2, -0.15) is 5.10 Å². The van der Waals surface area contributed by atoms with Crippen LogP contribution >= 0.6 is 0 Å². The zero-order valence-corrected chi connectivity index (χ0v) is 12.6. The third kappa shape index (κ3) is 3.72. The van der Waals surface area contributed by atoms with Crippen LogP contribution in [0.2, 0.25) is 0 Å². The molecular weight excluding hydrogens is 282 g/mol. The summed E-state index contributed by atoms with van der Waals surface area (Å²) in [5.74, 6) is -2.13. The largest absolute Gasteiger partial charge is 0.481 e. The van der Waals surface area contributed by atoms with Crippen LogP contribution in [0.5, 0.6) is 0 Å². The van der Waals surface area contributed by atoms with Crippen LogP contribution in [0.15, 0.2) is 42.6 Å². The molecule has 0 aliphatic rings. The molecule has 1 aromatic heterocycles. The first kappa shape index (κ1) is 15.8. The highest BCUT2D eigenvalue weighted by atomic mass is 16.4. The van der Waals surface area contributed by atoms with E-state index in [9.17, 15) is 14.7 Å². The van der Waals surface area contributed by atoms with Crippen molar-refractivity contribution < 1.29 is 14.7 Å². The van der Waals surface area contributed by atoms with Crippen LogP contribution in [0.3, 0.4) is 0 Å². The maximum atomic E-state index is 12.1. The summed E-state index contributed by atoms with van der Waals surface area (Å²) in [5.41, 5.74) is 0.939. The van der Waals surface area contributed by atoms with Gasteiger partial charge >= 0.3 is 5.97 Å². The molecule has 0 aliphatic carbocycles. The highest BCUT2D eigenvalue weighted by Crippen LogP contribution is 2.15. The summed E-state index contributed by atoms with van der Waals surface area (Å²) in [6.45, 7) is 3.95. The Balaban J connectivity index is 2.03. The van der Waals surface area contributed by atoms with E-state index in [1.807, 2.05) is 19.9 Å². The number of benzene rings is 1. The molecule has 1 aromatic carbocycles. The van der Waals surface area contributed by atoms with Crippen molar-refractivity contribution in [3.63, 3.8) is 0 Å². The summed E-state index contributed by atoms with van der Waals surface area (Å²) in [7, 11) is 0. The minimum absolute atomic E-state index is 0.0206. The minimum Gasteiger partial charge on any atom is -0.481 e. The second-order valence-corrected chi connectivity index (χ2v) is 5.29. The molecule has 2 aromatic rings. The molecule has 0 saturated carbocycles. The van der Waals surface area contributed by atoms with Gasteiger partial charge in [0, 0.05) is 18.8 Å². The van der Waals surface area contributed by atoms with E-state index in [-0.39, 0.29) is 24.2 Å². The van der Waals surface area contributed by atoms with Gasteiger partial charge in [-0.05, 0) is 25.5 Å². The zero-order chi connectivity index (χ0) is 16.1. The highest BCUT2D eigenvalue weighted by Gasteiger charge is 2.21. The van der Waals surface area contributed by atoms with Gasteiger partial charge in [-0.1, -0.05) is 30.3 Å². The molecule has 0 bridgehead atoms. The molecule has 1 unspecified atom stereocenters. The molecular formula is C16H19N3O3. The van der Waals surface area contributed by atoms with E-state index < -0.39 is 11.9 Å². The smallest absolute Gasteiger partial charge is 0.312 e. The van der Waals surface area contributed by atoms with Gasteiger partial charge < -0.3 is 10.4 Å². The lowest BCUT2D eigenvalue weighted by atomic mass is 9.99. The van der Waals surface area contributed by atoms with Crippen LogP contribution < -0.4 is 5.32 Å². The van der Waals surface area contributed by atoms with Crippen LogP contribution in [0.1, 0.15) is 41.9 Å². The van der Waals surface area contributed by atoms with E-state index >= 15 is 0 Å². The summed E-state index contributed by atoms with van der Waals surface area (Å²) >= 11 is 0. The van der Waals surface area contributed by atoms with Crippen molar-refractivity contribution in [3.05, 3.63) is 53.9 Å². The Bertz CT molecular complexity index is 650. The quantitative estimate of drug-likeness (QED) is 0.855. The van der Waals surface area contributed by atoms with Crippen LogP contribution in [-0.4, -0.2) is 33.3 Å². The average molecular weight is 301 g/mol. The Labute approximate surface area is 128 Å². The fourth-order valence-electron chi connectivity index (χ4n) is 2.07. The van der Waals surface area contributed by atoms with E-state index in [2.05, 4.69) is 10.4 Å². The van der Waals surface area contributed by atoms with Crippen molar-refractivity contribution in [2.45, 2.75) is 25.8 Å². The molecule has 116 valence electrons. The monoisotopic (exact) mass is 301 g/mol. The second kappa shape index (κ2) is 6.89. The Morgan fingerprint density at radius 2 is 1.91 bits per heavy atom. The summed E-state index contributed by atoms with van der Waals surface area (Å²) in [6.07, 6.45) is 1.73. The van der Waals surface area contributed by atoms with Gasteiger partial charge in [0.25, 0.3) is 5.91 Å². The molecule has 2 N–H and O–H groups in total. The molecule has 6 nitrogen and oxygen atoms in total. The number of hydrogen-bond donors (Lipinski definition) is 2. The Morgan fingerprint density at radius 3 is 2.45 bits per heavy atom. The Kier molecular flexibility index (Phi) is 4.93. The molecule has 22 heavy (non-hydrogen) atoms. The number of aliphatic carboxylic acids is 1. The second-order valence-electron chi connectivity index (χ2n) is 5.29. The Hall–Kier alpha value is -2.63. The first-order chi connectivity index (χ1) is 10.5. The number of nitrogens with one attached hydrogen (secondary N) is 1. The van der Waals surface area contributed by atoms with E-state index in [1.54, 1.807) is 41.2 Å². The number of rotatable bonds is 6. The third-order valence-electron chi connectivity index (χ3n) is 3.34. The molecule has 6 heteroatoms. The standard InChI is InChI=1S/C16H19N3O3/c1-11(2)19-9-8-14(18-19)15(20)17-10-13(16(21)22)12-6-4-3-5-7-12/h3-9,11,13H,10H2,1-2H3,(H,17,20)(H,21,22). The zero-order valence-electron chi connectivity index (χ0n) is 12.6. The molecule has 0 fully saturated rings. The lowest BCUT2D eigenvalue weighted by Crippen LogP contribution is -2.32. The fraction of sp³-hybridized carbons (Fsp3) is 0.312. The summed E-state index contributed by atoms with van der Waals surface area (Å²) in [4.78, 5) is 23.4.